The maximum atomic E-state index is 14.3. The normalized spacial score (nSPS) is 14.1. The highest BCUT2D eigenvalue weighted by Gasteiger charge is 2.37. The van der Waals surface area contributed by atoms with Crippen molar-refractivity contribution in [2.24, 2.45) is 0 Å². The summed E-state index contributed by atoms with van der Waals surface area (Å²) in [5.41, 5.74) is 1.65. The van der Waals surface area contributed by atoms with Crippen molar-refractivity contribution in [2.45, 2.75) is 51.7 Å². The van der Waals surface area contributed by atoms with E-state index in [-0.39, 0.29) is 18.4 Å². The fraction of sp³-hybridized carbons (Fsp3) is 0.647. The van der Waals surface area contributed by atoms with Crippen LogP contribution in [-0.2, 0) is 20.5 Å². The smallest absolute Gasteiger partial charge is 0.192 e. The summed E-state index contributed by atoms with van der Waals surface area (Å²) in [6.07, 6.45) is -1.09. The van der Waals surface area contributed by atoms with E-state index in [1.807, 2.05) is 12.1 Å². The number of alkyl halides is 1. The van der Waals surface area contributed by atoms with E-state index in [0.717, 1.165) is 5.56 Å². The Kier molecular flexibility index (Phi) is 7.19. The van der Waals surface area contributed by atoms with Crippen LogP contribution in [0.15, 0.2) is 24.3 Å². The second kappa shape index (κ2) is 8.20. The van der Waals surface area contributed by atoms with Gasteiger partial charge in [0.1, 0.15) is 13.0 Å². The first-order chi connectivity index (χ1) is 10.2. The summed E-state index contributed by atoms with van der Waals surface area (Å²) in [4.78, 5) is 0. The molecule has 0 saturated carbocycles. The van der Waals surface area contributed by atoms with Gasteiger partial charge in [0.25, 0.3) is 0 Å². The molecule has 1 atom stereocenters. The molecule has 0 N–H and O–H groups in total. The van der Waals surface area contributed by atoms with E-state index >= 15 is 0 Å². The Balaban J connectivity index is 2.54. The summed E-state index contributed by atoms with van der Waals surface area (Å²) in [6, 6.07) is 7.35. The Labute approximate surface area is 134 Å². The summed E-state index contributed by atoms with van der Waals surface area (Å²) in [5.74, 6) is 0. The highest BCUT2D eigenvalue weighted by molar-refractivity contribution is 6.74. The highest BCUT2D eigenvalue weighted by atomic mass is 28.4. The molecule has 0 aliphatic carbocycles. The molecule has 0 aliphatic heterocycles. The van der Waals surface area contributed by atoms with Crippen LogP contribution in [0.25, 0.3) is 0 Å². The predicted molar refractivity (Wildman–Crippen MR) is 90.1 cm³/mol. The van der Waals surface area contributed by atoms with Crippen molar-refractivity contribution in [3.8, 4) is 0 Å². The van der Waals surface area contributed by atoms with E-state index in [9.17, 15) is 4.39 Å². The van der Waals surface area contributed by atoms with Crippen LogP contribution in [0.4, 0.5) is 4.39 Å². The SMILES string of the molecule is COCOCc1ccc(C(F)CO[Si](C)(C)C(C)(C)C)cc1. The molecule has 22 heavy (non-hydrogen) atoms. The van der Waals surface area contributed by atoms with Crippen LogP contribution in [0.3, 0.4) is 0 Å². The first-order valence-electron chi connectivity index (χ1n) is 7.61. The Hall–Kier alpha value is -0.753. The van der Waals surface area contributed by atoms with E-state index in [1.165, 1.54) is 0 Å². The number of benzene rings is 1. The van der Waals surface area contributed by atoms with E-state index in [2.05, 4.69) is 33.9 Å². The highest BCUT2D eigenvalue weighted by Crippen LogP contribution is 2.37. The Morgan fingerprint density at radius 1 is 1.14 bits per heavy atom. The van der Waals surface area contributed by atoms with Gasteiger partial charge in [0.05, 0.1) is 13.2 Å². The molecule has 1 unspecified atom stereocenters. The van der Waals surface area contributed by atoms with Crippen LogP contribution in [0.1, 0.15) is 38.1 Å². The summed E-state index contributed by atoms with van der Waals surface area (Å²) < 4.78 is 30.4. The summed E-state index contributed by atoms with van der Waals surface area (Å²) in [7, 11) is -0.325. The van der Waals surface area contributed by atoms with Gasteiger partial charge in [-0.2, -0.15) is 0 Å². The molecule has 126 valence electrons. The number of halogens is 1. The lowest BCUT2D eigenvalue weighted by molar-refractivity contribution is -0.0390. The topological polar surface area (TPSA) is 27.7 Å². The number of ether oxygens (including phenoxy) is 2. The van der Waals surface area contributed by atoms with Crippen LogP contribution in [-0.4, -0.2) is 28.8 Å². The van der Waals surface area contributed by atoms with Gasteiger partial charge < -0.3 is 13.9 Å². The molecule has 3 nitrogen and oxygen atoms in total. The maximum absolute atomic E-state index is 14.3. The molecule has 0 fully saturated rings. The minimum atomic E-state index is -1.91. The van der Waals surface area contributed by atoms with Gasteiger partial charge >= 0.3 is 0 Å². The Morgan fingerprint density at radius 3 is 2.23 bits per heavy atom. The maximum Gasteiger partial charge on any atom is 0.192 e. The van der Waals surface area contributed by atoms with Gasteiger partial charge in [0, 0.05) is 7.11 Å². The third kappa shape index (κ3) is 5.80. The molecular formula is C17H29FO3Si. The average Bonchev–Trinajstić information content (AvgIpc) is 2.44. The molecule has 0 heterocycles. The van der Waals surface area contributed by atoms with Gasteiger partial charge in [-0.3, -0.25) is 0 Å². The van der Waals surface area contributed by atoms with Gasteiger partial charge in [-0.1, -0.05) is 45.0 Å². The minimum Gasteiger partial charge on any atom is -0.414 e. The fourth-order valence-corrected chi connectivity index (χ4v) is 2.66. The summed E-state index contributed by atoms with van der Waals surface area (Å²) in [6.45, 7) is 11.6. The molecule has 0 amide bonds. The molecule has 1 aromatic rings. The van der Waals surface area contributed by atoms with Crippen molar-refractivity contribution in [2.75, 3.05) is 20.5 Å². The lowest BCUT2D eigenvalue weighted by Gasteiger charge is -2.36. The van der Waals surface area contributed by atoms with Crippen molar-refractivity contribution in [3.63, 3.8) is 0 Å². The van der Waals surface area contributed by atoms with E-state index in [0.29, 0.717) is 12.2 Å². The number of rotatable bonds is 8. The zero-order valence-corrected chi connectivity index (χ0v) is 15.6. The molecular weight excluding hydrogens is 299 g/mol. The standard InChI is InChI=1S/C17H29FO3Si/c1-17(2,3)22(5,6)21-12-16(18)15-9-7-14(8-10-15)11-20-13-19-4/h7-10,16H,11-13H2,1-6H3. The van der Waals surface area contributed by atoms with Crippen LogP contribution in [0.5, 0.6) is 0 Å². The van der Waals surface area contributed by atoms with Crippen molar-refractivity contribution in [3.05, 3.63) is 35.4 Å². The first-order valence-corrected chi connectivity index (χ1v) is 10.5. The fourth-order valence-electron chi connectivity index (χ4n) is 1.66. The molecule has 0 aromatic heterocycles. The lowest BCUT2D eigenvalue weighted by atomic mass is 10.1. The zero-order chi connectivity index (χ0) is 16.8. The van der Waals surface area contributed by atoms with Crippen molar-refractivity contribution < 1.29 is 18.3 Å². The van der Waals surface area contributed by atoms with Gasteiger partial charge in [0.2, 0.25) is 0 Å². The van der Waals surface area contributed by atoms with Crippen molar-refractivity contribution in [1.29, 1.82) is 0 Å². The Bertz CT molecular complexity index is 440. The van der Waals surface area contributed by atoms with Gasteiger partial charge in [-0.15, -0.1) is 0 Å². The molecule has 0 radical (unpaired) electrons. The third-order valence-electron chi connectivity index (χ3n) is 4.21. The largest absolute Gasteiger partial charge is 0.414 e. The second-order valence-corrected chi connectivity index (χ2v) is 11.8. The molecule has 0 saturated heterocycles. The average molecular weight is 329 g/mol. The summed E-state index contributed by atoms with van der Waals surface area (Å²) >= 11 is 0. The molecule has 1 rings (SSSR count). The Morgan fingerprint density at radius 2 is 1.73 bits per heavy atom. The summed E-state index contributed by atoms with van der Waals surface area (Å²) in [5, 5.41) is 0.0925. The van der Waals surface area contributed by atoms with Gasteiger partial charge in [-0.05, 0) is 29.3 Å². The van der Waals surface area contributed by atoms with Crippen LogP contribution < -0.4 is 0 Å². The molecule has 0 bridgehead atoms. The lowest BCUT2D eigenvalue weighted by Crippen LogP contribution is -2.41. The zero-order valence-electron chi connectivity index (χ0n) is 14.6. The molecule has 0 spiro atoms. The second-order valence-electron chi connectivity index (χ2n) is 7.04. The third-order valence-corrected chi connectivity index (χ3v) is 8.71. The van der Waals surface area contributed by atoms with Crippen LogP contribution in [0.2, 0.25) is 18.1 Å². The number of methoxy groups -OCH3 is 1. The van der Waals surface area contributed by atoms with Crippen molar-refractivity contribution in [1.82, 2.24) is 0 Å². The van der Waals surface area contributed by atoms with E-state index in [4.69, 9.17) is 13.9 Å². The first kappa shape index (κ1) is 19.3. The van der Waals surface area contributed by atoms with Crippen LogP contribution in [0, 0.1) is 0 Å². The van der Waals surface area contributed by atoms with Crippen LogP contribution >= 0.6 is 0 Å². The quantitative estimate of drug-likeness (QED) is 0.388. The molecule has 1 aromatic carbocycles. The van der Waals surface area contributed by atoms with E-state index < -0.39 is 14.5 Å². The predicted octanol–water partition coefficient (Wildman–Crippen LogP) is 4.84. The van der Waals surface area contributed by atoms with Gasteiger partial charge in [0.15, 0.2) is 8.32 Å². The number of hydrogen-bond acceptors (Lipinski definition) is 3. The molecule has 0 aliphatic rings. The van der Waals surface area contributed by atoms with Gasteiger partial charge in [-0.25, -0.2) is 4.39 Å². The molecule has 5 heteroatoms. The minimum absolute atomic E-state index is 0.0925. The monoisotopic (exact) mass is 328 g/mol. The van der Waals surface area contributed by atoms with Crippen molar-refractivity contribution >= 4 is 8.32 Å². The van der Waals surface area contributed by atoms with E-state index in [1.54, 1.807) is 19.2 Å². The number of hydrogen-bond donors (Lipinski definition) is 0.